The van der Waals surface area contributed by atoms with Crippen molar-refractivity contribution in [1.29, 1.82) is 0 Å². The first-order valence-electron chi connectivity index (χ1n) is 7.83. The predicted molar refractivity (Wildman–Crippen MR) is 84.0 cm³/mol. The van der Waals surface area contributed by atoms with Gasteiger partial charge in [-0.2, -0.15) is 0 Å². The van der Waals surface area contributed by atoms with Crippen molar-refractivity contribution in [3.63, 3.8) is 0 Å². The van der Waals surface area contributed by atoms with Crippen LogP contribution in [0.5, 0.6) is 0 Å². The Kier molecular flexibility index (Phi) is 2.99. The third kappa shape index (κ3) is 2.33. The van der Waals surface area contributed by atoms with Crippen molar-refractivity contribution in [3.05, 3.63) is 65.2 Å². The quantitative estimate of drug-likeness (QED) is 0.840. The molecule has 1 heteroatoms. The third-order valence-corrected chi connectivity index (χ3v) is 4.67. The lowest BCUT2D eigenvalue weighted by Crippen LogP contribution is -2.13. The van der Waals surface area contributed by atoms with Crippen molar-refractivity contribution in [3.8, 4) is 0 Å². The zero-order valence-electron chi connectivity index (χ0n) is 11.8. The van der Waals surface area contributed by atoms with Gasteiger partial charge in [0.05, 0.1) is 6.04 Å². The highest BCUT2D eigenvalue weighted by Gasteiger charge is 2.32. The number of anilines is 1. The fourth-order valence-electron chi connectivity index (χ4n) is 3.40. The van der Waals surface area contributed by atoms with E-state index >= 15 is 0 Å². The minimum absolute atomic E-state index is 0.482. The molecular formula is C19H21N. The van der Waals surface area contributed by atoms with E-state index in [1.54, 1.807) is 11.1 Å². The number of fused-ring (bicyclic) bond motifs is 1. The smallest absolute Gasteiger partial charge is 0.0542 e. The highest BCUT2D eigenvalue weighted by molar-refractivity contribution is 5.52. The molecule has 0 amide bonds. The van der Waals surface area contributed by atoms with Crippen molar-refractivity contribution in [2.24, 2.45) is 5.92 Å². The summed E-state index contributed by atoms with van der Waals surface area (Å²) in [7, 11) is 0. The lowest BCUT2D eigenvalue weighted by Gasteiger charge is -2.20. The van der Waals surface area contributed by atoms with E-state index in [2.05, 4.69) is 53.8 Å². The van der Waals surface area contributed by atoms with Gasteiger partial charge in [-0.15, -0.1) is 0 Å². The average molecular weight is 263 g/mol. The van der Waals surface area contributed by atoms with Gasteiger partial charge in [-0.3, -0.25) is 0 Å². The van der Waals surface area contributed by atoms with E-state index in [4.69, 9.17) is 0 Å². The average Bonchev–Trinajstić information content (AvgIpc) is 3.23. The summed E-state index contributed by atoms with van der Waals surface area (Å²) in [6, 6.07) is 18.3. The molecule has 1 saturated carbocycles. The molecule has 0 aromatic heterocycles. The second-order valence-electron chi connectivity index (χ2n) is 6.21. The van der Waals surface area contributed by atoms with Gasteiger partial charge >= 0.3 is 0 Å². The van der Waals surface area contributed by atoms with Gasteiger partial charge < -0.3 is 5.32 Å². The SMILES string of the molecule is c1ccc(C(Nc2ccc3c(c2)CCC3)C2CC2)cc1. The predicted octanol–water partition coefficient (Wildman–Crippen LogP) is 4.74. The molecule has 0 bridgehead atoms. The normalized spacial score (nSPS) is 18.6. The Morgan fingerprint density at radius 3 is 2.50 bits per heavy atom. The van der Waals surface area contributed by atoms with E-state index in [1.807, 2.05) is 0 Å². The van der Waals surface area contributed by atoms with E-state index in [-0.39, 0.29) is 0 Å². The van der Waals surface area contributed by atoms with E-state index in [0.29, 0.717) is 6.04 Å². The first-order chi connectivity index (χ1) is 9.90. The Labute approximate surface area is 121 Å². The van der Waals surface area contributed by atoms with Gasteiger partial charge in [0, 0.05) is 5.69 Å². The monoisotopic (exact) mass is 263 g/mol. The van der Waals surface area contributed by atoms with Crippen molar-refractivity contribution in [2.45, 2.75) is 38.1 Å². The largest absolute Gasteiger partial charge is 0.378 e. The summed E-state index contributed by atoms with van der Waals surface area (Å²) in [5.74, 6) is 0.811. The summed E-state index contributed by atoms with van der Waals surface area (Å²) in [6.07, 6.45) is 6.56. The molecule has 0 radical (unpaired) electrons. The molecule has 0 spiro atoms. The lowest BCUT2D eigenvalue weighted by atomic mass is 10.0. The molecule has 1 atom stereocenters. The summed E-state index contributed by atoms with van der Waals surface area (Å²) in [6.45, 7) is 0. The Balaban J connectivity index is 1.59. The first-order valence-corrected chi connectivity index (χ1v) is 7.83. The fourth-order valence-corrected chi connectivity index (χ4v) is 3.40. The van der Waals surface area contributed by atoms with Crippen LogP contribution in [0, 0.1) is 5.92 Å². The van der Waals surface area contributed by atoms with Crippen molar-refractivity contribution in [2.75, 3.05) is 5.32 Å². The van der Waals surface area contributed by atoms with E-state index in [1.165, 1.54) is 43.4 Å². The number of hydrogen-bond donors (Lipinski definition) is 1. The molecule has 0 saturated heterocycles. The third-order valence-electron chi connectivity index (χ3n) is 4.67. The van der Waals surface area contributed by atoms with Crippen molar-refractivity contribution < 1.29 is 0 Å². The molecule has 0 aliphatic heterocycles. The molecule has 2 aromatic carbocycles. The van der Waals surface area contributed by atoms with Gasteiger partial charge in [0.2, 0.25) is 0 Å². The molecular weight excluding hydrogens is 242 g/mol. The molecule has 4 rings (SSSR count). The second-order valence-corrected chi connectivity index (χ2v) is 6.21. The number of aryl methyl sites for hydroxylation is 2. The Hall–Kier alpha value is -1.76. The molecule has 2 aliphatic carbocycles. The summed E-state index contributed by atoms with van der Waals surface area (Å²) in [5, 5.41) is 3.79. The number of benzene rings is 2. The van der Waals surface area contributed by atoms with Gasteiger partial charge in [0.1, 0.15) is 0 Å². The maximum Gasteiger partial charge on any atom is 0.0542 e. The summed E-state index contributed by atoms with van der Waals surface area (Å²) in [4.78, 5) is 0. The van der Waals surface area contributed by atoms with E-state index < -0.39 is 0 Å². The van der Waals surface area contributed by atoms with Crippen LogP contribution < -0.4 is 5.32 Å². The van der Waals surface area contributed by atoms with Crippen LogP contribution in [0.15, 0.2) is 48.5 Å². The number of hydrogen-bond acceptors (Lipinski definition) is 1. The van der Waals surface area contributed by atoms with Crippen LogP contribution in [0.1, 0.15) is 42.0 Å². The topological polar surface area (TPSA) is 12.0 Å². The summed E-state index contributed by atoms with van der Waals surface area (Å²) in [5.41, 5.74) is 5.83. The fraction of sp³-hybridized carbons (Fsp3) is 0.368. The number of rotatable bonds is 4. The van der Waals surface area contributed by atoms with Gasteiger partial charge in [0.15, 0.2) is 0 Å². The summed E-state index contributed by atoms with van der Waals surface area (Å²) < 4.78 is 0. The molecule has 1 N–H and O–H groups in total. The van der Waals surface area contributed by atoms with Gasteiger partial charge in [-0.05, 0) is 66.8 Å². The Morgan fingerprint density at radius 1 is 0.900 bits per heavy atom. The maximum atomic E-state index is 3.79. The molecule has 20 heavy (non-hydrogen) atoms. The minimum atomic E-state index is 0.482. The molecule has 1 nitrogen and oxygen atoms in total. The molecule has 1 unspecified atom stereocenters. The van der Waals surface area contributed by atoms with Gasteiger partial charge in [-0.1, -0.05) is 36.4 Å². The van der Waals surface area contributed by atoms with Crippen LogP contribution in [-0.2, 0) is 12.8 Å². The van der Waals surface area contributed by atoms with Crippen LogP contribution in [-0.4, -0.2) is 0 Å². The van der Waals surface area contributed by atoms with E-state index in [0.717, 1.165) is 5.92 Å². The summed E-state index contributed by atoms with van der Waals surface area (Å²) >= 11 is 0. The Morgan fingerprint density at radius 2 is 1.70 bits per heavy atom. The highest BCUT2D eigenvalue weighted by atomic mass is 14.9. The highest BCUT2D eigenvalue weighted by Crippen LogP contribution is 2.43. The first kappa shape index (κ1) is 12.0. The second kappa shape index (κ2) is 4.97. The lowest BCUT2D eigenvalue weighted by molar-refractivity contribution is 0.679. The van der Waals surface area contributed by atoms with Crippen molar-refractivity contribution in [1.82, 2.24) is 0 Å². The Bertz CT molecular complexity index is 598. The van der Waals surface area contributed by atoms with E-state index in [9.17, 15) is 0 Å². The van der Waals surface area contributed by atoms with Crippen LogP contribution in [0.2, 0.25) is 0 Å². The van der Waals surface area contributed by atoms with Gasteiger partial charge in [0.25, 0.3) is 0 Å². The standard InChI is InChI=1S/C19H21N/c1-2-5-15(6-3-1)19(16-9-10-16)20-18-12-11-14-7-4-8-17(14)13-18/h1-3,5-6,11-13,16,19-20H,4,7-10H2. The van der Waals surface area contributed by atoms with Crippen LogP contribution >= 0.6 is 0 Å². The zero-order valence-corrected chi connectivity index (χ0v) is 11.8. The zero-order chi connectivity index (χ0) is 13.4. The molecule has 0 heterocycles. The van der Waals surface area contributed by atoms with Crippen LogP contribution in [0.25, 0.3) is 0 Å². The molecule has 2 aromatic rings. The maximum absolute atomic E-state index is 3.79. The van der Waals surface area contributed by atoms with Gasteiger partial charge in [-0.25, -0.2) is 0 Å². The van der Waals surface area contributed by atoms with Crippen LogP contribution in [0.4, 0.5) is 5.69 Å². The van der Waals surface area contributed by atoms with Crippen molar-refractivity contribution >= 4 is 5.69 Å². The molecule has 1 fully saturated rings. The molecule has 2 aliphatic rings. The minimum Gasteiger partial charge on any atom is -0.378 e. The van der Waals surface area contributed by atoms with Crippen LogP contribution in [0.3, 0.4) is 0 Å². The number of nitrogens with one attached hydrogen (secondary N) is 1. The molecule has 102 valence electrons.